The minimum absolute atomic E-state index is 0.0105. The molecule has 0 bridgehead atoms. The zero-order valence-electron chi connectivity index (χ0n) is 23.4. The zero-order chi connectivity index (χ0) is 30.3. The number of anilines is 1. The van der Waals surface area contributed by atoms with Crippen LogP contribution in [-0.2, 0) is 32.6 Å². The molecule has 11 heteroatoms. The van der Waals surface area contributed by atoms with Crippen molar-refractivity contribution in [1.29, 1.82) is 0 Å². The molecule has 0 aliphatic heterocycles. The van der Waals surface area contributed by atoms with Crippen molar-refractivity contribution >= 4 is 62.3 Å². The minimum atomic E-state index is -4.01. The number of hydrogen-bond acceptors (Lipinski definition) is 4. The minimum Gasteiger partial charge on any atom is -0.354 e. The predicted octanol–water partition coefficient (Wildman–Crippen LogP) is 6.13. The van der Waals surface area contributed by atoms with Crippen LogP contribution in [0.5, 0.6) is 0 Å². The van der Waals surface area contributed by atoms with E-state index < -0.39 is 28.5 Å². The Kier molecular flexibility index (Phi) is 11.5. The van der Waals surface area contributed by atoms with E-state index in [2.05, 4.69) is 5.32 Å². The molecule has 0 spiro atoms. The molecule has 3 aromatic rings. The van der Waals surface area contributed by atoms with Crippen LogP contribution in [0.25, 0.3) is 0 Å². The summed E-state index contributed by atoms with van der Waals surface area (Å²) < 4.78 is 26.8. The van der Waals surface area contributed by atoms with E-state index >= 15 is 0 Å². The summed E-state index contributed by atoms with van der Waals surface area (Å²) in [4.78, 5) is 29.2. The average Bonchev–Trinajstić information content (AvgIpc) is 2.90. The largest absolute Gasteiger partial charge is 0.354 e. The predicted molar refractivity (Wildman–Crippen MR) is 167 cm³/mol. The van der Waals surface area contributed by atoms with Crippen LogP contribution in [-0.4, -0.2) is 50.5 Å². The highest BCUT2D eigenvalue weighted by molar-refractivity contribution is 7.92. The van der Waals surface area contributed by atoms with E-state index in [1.54, 1.807) is 0 Å². The topological polar surface area (TPSA) is 86.8 Å². The molecule has 0 saturated heterocycles. The highest BCUT2D eigenvalue weighted by Gasteiger charge is 2.33. The van der Waals surface area contributed by atoms with Crippen molar-refractivity contribution in [3.05, 3.63) is 98.5 Å². The molecule has 0 aromatic heterocycles. The van der Waals surface area contributed by atoms with Crippen LogP contribution in [0.3, 0.4) is 0 Å². The molecule has 0 unspecified atom stereocenters. The normalized spacial score (nSPS) is 12.2. The highest BCUT2D eigenvalue weighted by Crippen LogP contribution is 2.35. The van der Waals surface area contributed by atoms with Crippen molar-refractivity contribution in [3.8, 4) is 0 Å². The van der Waals surface area contributed by atoms with Gasteiger partial charge >= 0.3 is 0 Å². The van der Waals surface area contributed by atoms with Crippen LogP contribution in [0.2, 0.25) is 15.1 Å². The van der Waals surface area contributed by atoms with Gasteiger partial charge in [-0.2, -0.15) is 0 Å². The van der Waals surface area contributed by atoms with E-state index in [4.69, 9.17) is 34.8 Å². The van der Waals surface area contributed by atoms with Crippen molar-refractivity contribution in [2.45, 2.75) is 39.8 Å². The number of carbonyl (C=O) groups excluding carboxylic acids is 2. The molecule has 41 heavy (non-hydrogen) atoms. The molecule has 0 radical (unpaired) electrons. The number of hydrogen-bond donors (Lipinski definition) is 1. The fourth-order valence-electron chi connectivity index (χ4n) is 4.28. The van der Waals surface area contributed by atoms with Gasteiger partial charge in [-0.3, -0.25) is 13.9 Å². The van der Waals surface area contributed by atoms with E-state index in [-0.39, 0.29) is 45.5 Å². The van der Waals surface area contributed by atoms with Gasteiger partial charge in [-0.05, 0) is 36.1 Å². The van der Waals surface area contributed by atoms with E-state index in [1.807, 2.05) is 75.4 Å². The molecule has 7 nitrogen and oxygen atoms in total. The van der Waals surface area contributed by atoms with Crippen molar-refractivity contribution in [1.82, 2.24) is 10.2 Å². The molecule has 0 heterocycles. The summed E-state index contributed by atoms with van der Waals surface area (Å²) >= 11 is 18.6. The molecule has 3 rings (SSSR count). The lowest BCUT2D eigenvalue weighted by Crippen LogP contribution is -2.53. The number of aryl methyl sites for hydroxylation is 1. The molecule has 0 aliphatic carbocycles. The third-order valence-electron chi connectivity index (χ3n) is 6.33. The Balaban J connectivity index is 2.09. The summed E-state index contributed by atoms with van der Waals surface area (Å²) in [5.41, 5.74) is 2.65. The summed E-state index contributed by atoms with van der Waals surface area (Å²) in [7, 11) is -4.01. The second-order valence-electron chi connectivity index (χ2n) is 10.3. The lowest BCUT2D eigenvalue weighted by Gasteiger charge is -2.34. The number of nitrogens with zero attached hydrogens (tertiary/aromatic N) is 2. The number of halogens is 3. The molecular weight excluding hydrogens is 605 g/mol. The highest BCUT2D eigenvalue weighted by atomic mass is 35.5. The SMILES string of the molecule is Cc1cccc(CN(C(=O)CN(c2cc(Cl)c(Cl)cc2Cl)S(C)(=O)=O)[C@@H](Cc2ccccc2)C(=O)NCC(C)C)c1. The van der Waals surface area contributed by atoms with Gasteiger partial charge in [0.1, 0.15) is 12.6 Å². The van der Waals surface area contributed by atoms with E-state index in [1.165, 1.54) is 17.0 Å². The van der Waals surface area contributed by atoms with Gasteiger partial charge < -0.3 is 10.2 Å². The molecule has 0 fully saturated rings. The summed E-state index contributed by atoms with van der Waals surface area (Å²) in [6.07, 6.45) is 1.20. The van der Waals surface area contributed by atoms with Gasteiger partial charge in [-0.15, -0.1) is 0 Å². The number of amides is 2. The monoisotopic (exact) mass is 637 g/mol. The molecular formula is C30H34Cl3N3O4S. The Morgan fingerprint density at radius 3 is 2.12 bits per heavy atom. The van der Waals surface area contributed by atoms with Gasteiger partial charge in [0.2, 0.25) is 21.8 Å². The lowest BCUT2D eigenvalue weighted by molar-refractivity contribution is -0.140. The quantitative estimate of drug-likeness (QED) is 0.242. The van der Waals surface area contributed by atoms with Gasteiger partial charge in [0, 0.05) is 19.5 Å². The standard InChI is InChI=1S/C30H34Cl3N3O4S/c1-20(2)17-34-30(38)28(14-22-10-6-5-7-11-22)35(18-23-12-8-9-21(3)13-23)29(37)19-36(41(4,39)40)27-16-25(32)24(31)15-26(27)33/h5-13,15-16,20,28H,14,17-19H2,1-4H3,(H,34,38)/t28-/m0/s1. The van der Waals surface area contributed by atoms with Gasteiger partial charge in [0.05, 0.1) is 27.0 Å². The van der Waals surface area contributed by atoms with Crippen molar-refractivity contribution in [3.63, 3.8) is 0 Å². The number of rotatable bonds is 12. The van der Waals surface area contributed by atoms with Crippen LogP contribution in [0.15, 0.2) is 66.7 Å². The number of sulfonamides is 1. The first-order chi connectivity index (χ1) is 19.3. The number of nitrogens with one attached hydrogen (secondary N) is 1. The second-order valence-corrected chi connectivity index (χ2v) is 13.5. The third-order valence-corrected chi connectivity index (χ3v) is 8.48. The average molecular weight is 639 g/mol. The van der Waals surface area contributed by atoms with E-state index in [9.17, 15) is 18.0 Å². The summed E-state index contributed by atoms with van der Waals surface area (Å²) in [5.74, 6) is -0.725. The maximum absolute atomic E-state index is 14.1. The smallest absolute Gasteiger partial charge is 0.244 e. The van der Waals surface area contributed by atoms with E-state index in [0.29, 0.717) is 6.54 Å². The second kappa shape index (κ2) is 14.4. The molecule has 220 valence electrons. The molecule has 2 amide bonds. The van der Waals surface area contributed by atoms with Crippen LogP contribution in [0.4, 0.5) is 5.69 Å². The number of carbonyl (C=O) groups is 2. The van der Waals surface area contributed by atoms with Gasteiger partial charge in [0.25, 0.3) is 0 Å². The Labute approximate surface area is 257 Å². The first kappa shape index (κ1) is 32.7. The van der Waals surface area contributed by atoms with Crippen molar-refractivity contribution in [2.24, 2.45) is 5.92 Å². The molecule has 3 aromatic carbocycles. The molecule has 0 aliphatic rings. The Hall–Kier alpha value is -2.78. The Morgan fingerprint density at radius 1 is 0.878 bits per heavy atom. The first-order valence-electron chi connectivity index (χ1n) is 13.0. The van der Waals surface area contributed by atoms with Gasteiger partial charge in [0.15, 0.2) is 0 Å². The van der Waals surface area contributed by atoms with Crippen molar-refractivity contribution in [2.75, 3.05) is 23.7 Å². The fourth-order valence-corrected chi connectivity index (χ4v) is 5.83. The van der Waals surface area contributed by atoms with Crippen LogP contribution in [0, 0.1) is 12.8 Å². The zero-order valence-corrected chi connectivity index (χ0v) is 26.5. The molecule has 1 atom stereocenters. The van der Waals surface area contributed by atoms with Gasteiger partial charge in [-0.1, -0.05) is 109 Å². The molecule has 0 saturated carbocycles. The summed E-state index contributed by atoms with van der Waals surface area (Å²) in [5, 5.41) is 3.19. The van der Waals surface area contributed by atoms with Crippen LogP contribution in [0.1, 0.15) is 30.5 Å². The van der Waals surface area contributed by atoms with Crippen molar-refractivity contribution < 1.29 is 18.0 Å². The molecule has 1 N–H and O–H groups in total. The Morgan fingerprint density at radius 2 is 1.51 bits per heavy atom. The Bertz CT molecular complexity index is 1480. The lowest BCUT2D eigenvalue weighted by atomic mass is 10.0. The third kappa shape index (κ3) is 9.36. The maximum Gasteiger partial charge on any atom is 0.244 e. The van der Waals surface area contributed by atoms with Crippen LogP contribution >= 0.6 is 34.8 Å². The number of benzene rings is 3. The van der Waals surface area contributed by atoms with Crippen LogP contribution < -0.4 is 9.62 Å². The van der Waals surface area contributed by atoms with Gasteiger partial charge in [-0.25, -0.2) is 8.42 Å². The maximum atomic E-state index is 14.1. The summed E-state index contributed by atoms with van der Waals surface area (Å²) in [6.45, 7) is 5.79. The fraction of sp³-hybridized carbons (Fsp3) is 0.333. The summed E-state index contributed by atoms with van der Waals surface area (Å²) in [6, 6.07) is 18.7. The van der Waals surface area contributed by atoms with E-state index in [0.717, 1.165) is 27.3 Å². The first-order valence-corrected chi connectivity index (χ1v) is 16.0.